The second-order valence-corrected chi connectivity index (χ2v) is 5.08. The topological polar surface area (TPSA) is 3.88 Å². The van der Waals surface area contributed by atoms with E-state index in [2.05, 4.69) is 80.1 Å². The molecule has 0 radical (unpaired) electrons. The maximum absolute atomic E-state index is 2.28. The molecule has 19 heavy (non-hydrogen) atoms. The molecule has 0 unspecified atom stereocenters. The van der Waals surface area contributed by atoms with E-state index in [0.717, 1.165) is 0 Å². The van der Waals surface area contributed by atoms with Crippen LogP contribution < -0.4 is 4.57 Å². The molecule has 0 atom stereocenters. The molecule has 0 aliphatic carbocycles. The predicted octanol–water partition coefficient (Wildman–Crippen LogP) is 3.95. The number of aryl methyl sites for hydroxylation is 2. The summed E-state index contributed by atoms with van der Waals surface area (Å²) in [5.41, 5.74) is 5.19. The van der Waals surface area contributed by atoms with Crippen LogP contribution in [0.3, 0.4) is 0 Å². The summed E-state index contributed by atoms with van der Waals surface area (Å²) >= 11 is 0. The summed E-state index contributed by atoms with van der Waals surface area (Å²) in [6, 6.07) is 19.4. The van der Waals surface area contributed by atoms with E-state index >= 15 is 0 Å². The third kappa shape index (κ3) is 1.91. The van der Waals surface area contributed by atoms with Crippen LogP contribution >= 0.6 is 0 Å². The Bertz CT molecular complexity index is 757. The summed E-state index contributed by atoms with van der Waals surface area (Å²) in [6.07, 6.45) is 0. The van der Waals surface area contributed by atoms with Gasteiger partial charge in [0.15, 0.2) is 5.69 Å². The smallest absolute Gasteiger partial charge is 0.198 e. The van der Waals surface area contributed by atoms with Crippen LogP contribution in [0, 0.1) is 13.8 Å². The molecule has 2 aromatic carbocycles. The zero-order valence-corrected chi connectivity index (χ0v) is 11.6. The van der Waals surface area contributed by atoms with E-state index in [1.807, 2.05) is 0 Å². The zero-order valence-electron chi connectivity index (χ0n) is 11.6. The molecule has 0 aliphatic heterocycles. The quantitative estimate of drug-likeness (QED) is 0.574. The lowest BCUT2D eigenvalue weighted by Crippen LogP contribution is -2.35. The Balaban J connectivity index is 2.37. The number of hydrogen-bond acceptors (Lipinski definition) is 0. The van der Waals surface area contributed by atoms with E-state index in [4.69, 9.17) is 0 Å². The first-order valence-corrected chi connectivity index (χ1v) is 6.63. The monoisotopic (exact) mass is 248 g/mol. The third-order valence-electron chi connectivity index (χ3n) is 3.93. The van der Waals surface area contributed by atoms with E-state index < -0.39 is 0 Å². The van der Waals surface area contributed by atoms with Gasteiger partial charge in [-0.2, -0.15) is 4.57 Å². The van der Waals surface area contributed by atoms with Crippen molar-refractivity contribution in [2.24, 2.45) is 7.05 Å². The van der Waals surface area contributed by atoms with Crippen LogP contribution in [0.25, 0.3) is 22.0 Å². The fourth-order valence-electron chi connectivity index (χ4n) is 2.68. The van der Waals surface area contributed by atoms with Crippen LogP contribution in [0.15, 0.2) is 54.6 Å². The maximum atomic E-state index is 2.28. The molecule has 1 nitrogen and oxygen atoms in total. The molecule has 0 saturated carbocycles. The summed E-state index contributed by atoms with van der Waals surface area (Å²) in [5, 5.41) is 2.62. The lowest BCUT2D eigenvalue weighted by molar-refractivity contribution is -0.665. The van der Waals surface area contributed by atoms with Gasteiger partial charge < -0.3 is 0 Å². The minimum atomic E-state index is 1.27. The minimum absolute atomic E-state index is 1.27. The van der Waals surface area contributed by atoms with E-state index in [1.54, 1.807) is 0 Å². The normalized spacial score (nSPS) is 10.9. The first kappa shape index (κ1) is 11.9. The molecular formula is C18H18N+. The standard InChI is InChI=1S/C18H18N/c1-13-8-4-6-10-16(13)18-12-15-9-5-7-11-17(15)14(2)19(18)3/h4-12H,1-3H3/q+1. The number of fused-ring (bicyclic) bond motifs is 1. The summed E-state index contributed by atoms with van der Waals surface area (Å²) in [7, 11) is 2.14. The molecule has 0 fully saturated rings. The van der Waals surface area contributed by atoms with Crippen LogP contribution in [0.5, 0.6) is 0 Å². The molecule has 0 N–H and O–H groups in total. The molecule has 0 saturated heterocycles. The van der Waals surface area contributed by atoms with E-state index in [1.165, 1.54) is 33.3 Å². The Kier molecular flexibility index (Phi) is 2.83. The average Bonchev–Trinajstić information content (AvgIpc) is 2.44. The van der Waals surface area contributed by atoms with Gasteiger partial charge in [0.2, 0.25) is 5.69 Å². The highest BCUT2D eigenvalue weighted by molar-refractivity contribution is 5.86. The van der Waals surface area contributed by atoms with Crippen LogP contribution in [0.1, 0.15) is 11.3 Å². The lowest BCUT2D eigenvalue weighted by atomic mass is 10.0. The van der Waals surface area contributed by atoms with E-state index in [0.29, 0.717) is 0 Å². The fourth-order valence-corrected chi connectivity index (χ4v) is 2.68. The first-order chi connectivity index (χ1) is 9.18. The van der Waals surface area contributed by atoms with Crippen molar-refractivity contribution in [3.8, 4) is 11.3 Å². The number of aromatic nitrogens is 1. The van der Waals surface area contributed by atoms with Gasteiger partial charge in [0.1, 0.15) is 7.05 Å². The molecule has 94 valence electrons. The minimum Gasteiger partial charge on any atom is -0.198 e. The van der Waals surface area contributed by atoms with E-state index in [9.17, 15) is 0 Å². The zero-order chi connectivity index (χ0) is 13.4. The van der Waals surface area contributed by atoms with Crippen LogP contribution in [0.2, 0.25) is 0 Å². The third-order valence-corrected chi connectivity index (χ3v) is 3.93. The van der Waals surface area contributed by atoms with Gasteiger partial charge in [0.05, 0.1) is 0 Å². The largest absolute Gasteiger partial charge is 0.213 e. The van der Waals surface area contributed by atoms with Crippen molar-refractivity contribution in [1.82, 2.24) is 0 Å². The van der Waals surface area contributed by atoms with E-state index in [-0.39, 0.29) is 0 Å². The summed E-state index contributed by atoms with van der Waals surface area (Å²) < 4.78 is 2.28. The highest BCUT2D eigenvalue weighted by Crippen LogP contribution is 2.25. The van der Waals surface area contributed by atoms with Gasteiger partial charge in [-0.1, -0.05) is 36.4 Å². The Morgan fingerprint density at radius 1 is 0.842 bits per heavy atom. The Labute approximate surface area is 114 Å². The second-order valence-electron chi connectivity index (χ2n) is 5.08. The van der Waals surface area contributed by atoms with Crippen molar-refractivity contribution in [3.05, 3.63) is 65.9 Å². The number of nitrogens with zero attached hydrogens (tertiary/aromatic N) is 1. The van der Waals surface area contributed by atoms with Crippen LogP contribution in [-0.2, 0) is 7.05 Å². The predicted molar refractivity (Wildman–Crippen MR) is 80.0 cm³/mol. The molecule has 3 rings (SSSR count). The molecule has 1 heteroatoms. The highest BCUT2D eigenvalue weighted by Gasteiger charge is 2.16. The molecule has 0 bridgehead atoms. The fraction of sp³-hybridized carbons (Fsp3) is 0.167. The summed E-state index contributed by atoms with van der Waals surface area (Å²) in [5.74, 6) is 0. The molecule has 0 spiro atoms. The summed E-state index contributed by atoms with van der Waals surface area (Å²) in [6.45, 7) is 4.35. The van der Waals surface area contributed by atoms with Gasteiger partial charge in [-0.25, -0.2) is 0 Å². The van der Waals surface area contributed by atoms with Gasteiger partial charge in [0, 0.05) is 23.9 Å². The molecule has 3 aromatic rings. The van der Waals surface area contributed by atoms with Crippen molar-refractivity contribution in [1.29, 1.82) is 0 Å². The molecular weight excluding hydrogens is 230 g/mol. The number of pyridine rings is 1. The maximum Gasteiger partial charge on any atom is 0.213 e. The Morgan fingerprint density at radius 3 is 2.32 bits per heavy atom. The molecule has 1 aromatic heterocycles. The number of benzene rings is 2. The SMILES string of the molecule is Cc1ccccc1-c1cc2ccccc2c(C)[n+]1C. The van der Waals surface area contributed by atoms with Crippen molar-refractivity contribution in [2.75, 3.05) is 0 Å². The van der Waals surface area contributed by atoms with Crippen molar-refractivity contribution in [3.63, 3.8) is 0 Å². The number of hydrogen-bond donors (Lipinski definition) is 0. The second kappa shape index (κ2) is 4.51. The molecule has 0 amide bonds. The van der Waals surface area contributed by atoms with Gasteiger partial charge in [-0.15, -0.1) is 0 Å². The van der Waals surface area contributed by atoms with Crippen molar-refractivity contribution >= 4 is 10.8 Å². The highest BCUT2D eigenvalue weighted by atomic mass is 14.9. The number of rotatable bonds is 1. The lowest BCUT2D eigenvalue weighted by Gasteiger charge is -2.08. The Hall–Kier alpha value is -2.15. The van der Waals surface area contributed by atoms with Gasteiger partial charge in [-0.05, 0) is 30.0 Å². The van der Waals surface area contributed by atoms with Crippen LogP contribution in [-0.4, -0.2) is 0 Å². The summed E-state index contributed by atoms with van der Waals surface area (Å²) in [4.78, 5) is 0. The van der Waals surface area contributed by atoms with Gasteiger partial charge >= 0.3 is 0 Å². The molecule has 0 aliphatic rings. The van der Waals surface area contributed by atoms with Gasteiger partial charge in [-0.3, -0.25) is 0 Å². The van der Waals surface area contributed by atoms with Crippen molar-refractivity contribution in [2.45, 2.75) is 13.8 Å². The molecule has 1 heterocycles. The Morgan fingerprint density at radius 2 is 1.53 bits per heavy atom. The van der Waals surface area contributed by atoms with Gasteiger partial charge in [0.25, 0.3) is 0 Å². The first-order valence-electron chi connectivity index (χ1n) is 6.63. The van der Waals surface area contributed by atoms with Crippen LogP contribution in [0.4, 0.5) is 0 Å². The van der Waals surface area contributed by atoms with Crippen molar-refractivity contribution < 1.29 is 4.57 Å². The average molecular weight is 248 g/mol.